The quantitative estimate of drug-likeness (QED) is 0.750. The Morgan fingerprint density at radius 1 is 1.40 bits per heavy atom. The maximum absolute atomic E-state index is 3.55. The van der Waals surface area contributed by atoms with Crippen molar-refractivity contribution in [3.05, 3.63) is 0 Å². The van der Waals surface area contributed by atoms with Crippen LogP contribution in [-0.2, 0) is 0 Å². The summed E-state index contributed by atoms with van der Waals surface area (Å²) in [4.78, 5) is 0. The lowest BCUT2D eigenvalue weighted by molar-refractivity contribution is 0.110. The van der Waals surface area contributed by atoms with Gasteiger partial charge in [0.25, 0.3) is 0 Å². The molecule has 0 spiro atoms. The minimum Gasteiger partial charge on any atom is -0.316 e. The maximum atomic E-state index is 3.55. The highest BCUT2D eigenvalue weighted by Crippen LogP contribution is 2.40. The van der Waals surface area contributed by atoms with Gasteiger partial charge in [-0.1, -0.05) is 41.0 Å². The monoisotopic (exact) mass is 211 g/mol. The fraction of sp³-hybridized carbons (Fsp3) is 1.00. The van der Waals surface area contributed by atoms with Crippen LogP contribution in [-0.4, -0.2) is 13.1 Å². The van der Waals surface area contributed by atoms with Crippen LogP contribution in [0.4, 0.5) is 0 Å². The van der Waals surface area contributed by atoms with Gasteiger partial charge in [-0.25, -0.2) is 0 Å². The molecule has 0 aromatic carbocycles. The first-order valence-corrected chi connectivity index (χ1v) is 6.69. The van der Waals surface area contributed by atoms with Gasteiger partial charge in [-0.15, -0.1) is 0 Å². The van der Waals surface area contributed by atoms with Crippen molar-refractivity contribution in [3.63, 3.8) is 0 Å². The van der Waals surface area contributed by atoms with Crippen molar-refractivity contribution in [2.75, 3.05) is 13.1 Å². The second-order valence-corrected chi connectivity index (χ2v) is 6.12. The molecule has 0 aromatic rings. The second-order valence-electron chi connectivity index (χ2n) is 6.12. The lowest BCUT2D eigenvalue weighted by atomic mass is 9.67. The zero-order valence-electron chi connectivity index (χ0n) is 11.3. The number of hydrogen-bond donors (Lipinski definition) is 1. The molecule has 0 radical (unpaired) electrons. The summed E-state index contributed by atoms with van der Waals surface area (Å²) in [5.74, 6) is 2.60. The molecule has 0 aromatic heterocycles. The smallest absolute Gasteiger partial charge is 0.00204 e. The van der Waals surface area contributed by atoms with Gasteiger partial charge in [0.15, 0.2) is 0 Å². The molecule has 1 nitrogen and oxygen atoms in total. The Labute approximate surface area is 96.0 Å². The molecule has 0 bridgehead atoms. The summed E-state index contributed by atoms with van der Waals surface area (Å²) in [5.41, 5.74) is 0.503. The van der Waals surface area contributed by atoms with E-state index >= 15 is 0 Å². The van der Waals surface area contributed by atoms with Gasteiger partial charge in [0.05, 0.1) is 0 Å². The van der Waals surface area contributed by atoms with Crippen LogP contribution in [0.5, 0.6) is 0 Å². The molecule has 1 fully saturated rings. The van der Waals surface area contributed by atoms with Crippen molar-refractivity contribution in [1.29, 1.82) is 0 Å². The first kappa shape index (κ1) is 13.0. The topological polar surface area (TPSA) is 12.0 Å². The molecular weight excluding hydrogens is 182 g/mol. The van der Waals surface area contributed by atoms with Crippen LogP contribution in [0.2, 0.25) is 0 Å². The number of hydrogen-bond acceptors (Lipinski definition) is 1. The molecule has 0 saturated carbocycles. The Hall–Kier alpha value is -0.0400. The highest BCUT2D eigenvalue weighted by Gasteiger charge is 2.33. The van der Waals surface area contributed by atoms with Crippen LogP contribution in [0.1, 0.15) is 53.9 Å². The molecule has 90 valence electrons. The van der Waals surface area contributed by atoms with Crippen molar-refractivity contribution >= 4 is 0 Å². The predicted octanol–water partition coefficient (Wildman–Crippen LogP) is 3.69. The second kappa shape index (κ2) is 5.34. The molecule has 0 amide bonds. The standard InChI is InChI=1S/C14H29N/c1-6-14(4,5)12(3)13-8-7-9-15-10-11(13)2/h11-13,15H,6-10H2,1-5H3/t11?,12-,13?/m0/s1. The van der Waals surface area contributed by atoms with Crippen molar-refractivity contribution in [3.8, 4) is 0 Å². The van der Waals surface area contributed by atoms with E-state index in [9.17, 15) is 0 Å². The van der Waals surface area contributed by atoms with Crippen molar-refractivity contribution in [1.82, 2.24) is 5.32 Å². The van der Waals surface area contributed by atoms with E-state index < -0.39 is 0 Å². The third kappa shape index (κ3) is 3.21. The fourth-order valence-electron chi connectivity index (χ4n) is 2.87. The molecule has 1 aliphatic heterocycles. The van der Waals surface area contributed by atoms with E-state index in [1.54, 1.807) is 0 Å². The molecule has 2 unspecified atom stereocenters. The highest BCUT2D eigenvalue weighted by molar-refractivity contribution is 4.84. The minimum absolute atomic E-state index is 0.503. The van der Waals surface area contributed by atoms with Gasteiger partial charge in [-0.05, 0) is 49.1 Å². The Balaban J connectivity index is 2.67. The Morgan fingerprint density at radius 3 is 2.67 bits per heavy atom. The molecule has 0 aliphatic carbocycles. The van der Waals surface area contributed by atoms with E-state index in [4.69, 9.17) is 0 Å². The summed E-state index contributed by atoms with van der Waals surface area (Å²) in [6.07, 6.45) is 4.07. The lowest BCUT2D eigenvalue weighted by Gasteiger charge is -2.39. The van der Waals surface area contributed by atoms with Crippen LogP contribution in [0.25, 0.3) is 0 Å². The van der Waals surface area contributed by atoms with Gasteiger partial charge < -0.3 is 5.32 Å². The first-order valence-electron chi connectivity index (χ1n) is 6.69. The Kier molecular flexibility index (Phi) is 4.64. The van der Waals surface area contributed by atoms with E-state index in [1.807, 2.05) is 0 Å². The first-order chi connectivity index (χ1) is 6.99. The third-order valence-corrected chi connectivity index (χ3v) is 4.87. The normalized spacial score (nSPS) is 31.0. The summed E-state index contributed by atoms with van der Waals surface area (Å²) in [7, 11) is 0. The number of nitrogens with one attached hydrogen (secondary N) is 1. The Morgan fingerprint density at radius 2 is 2.07 bits per heavy atom. The van der Waals surface area contributed by atoms with Crippen LogP contribution in [0.15, 0.2) is 0 Å². The largest absolute Gasteiger partial charge is 0.316 e. The third-order valence-electron chi connectivity index (χ3n) is 4.87. The summed E-state index contributed by atoms with van der Waals surface area (Å²) in [6.45, 7) is 14.5. The van der Waals surface area contributed by atoms with Crippen molar-refractivity contribution < 1.29 is 0 Å². The minimum atomic E-state index is 0.503. The molecule has 1 N–H and O–H groups in total. The maximum Gasteiger partial charge on any atom is -0.00204 e. The molecular formula is C14H29N. The highest BCUT2D eigenvalue weighted by atomic mass is 14.9. The average Bonchev–Trinajstić information content (AvgIpc) is 2.41. The molecule has 1 heteroatoms. The lowest BCUT2D eigenvalue weighted by Crippen LogP contribution is -2.33. The summed E-state index contributed by atoms with van der Waals surface area (Å²) >= 11 is 0. The van der Waals surface area contributed by atoms with Crippen molar-refractivity contribution in [2.24, 2.45) is 23.2 Å². The van der Waals surface area contributed by atoms with Gasteiger partial charge in [0, 0.05) is 0 Å². The Bertz CT molecular complexity index is 186. The zero-order chi connectivity index (χ0) is 11.5. The van der Waals surface area contributed by atoms with Crippen LogP contribution < -0.4 is 5.32 Å². The van der Waals surface area contributed by atoms with Gasteiger partial charge in [-0.2, -0.15) is 0 Å². The predicted molar refractivity (Wildman–Crippen MR) is 68.0 cm³/mol. The van der Waals surface area contributed by atoms with Gasteiger partial charge in [0.2, 0.25) is 0 Å². The summed E-state index contributed by atoms with van der Waals surface area (Å²) in [5, 5.41) is 3.55. The molecule has 1 saturated heterocycles. The van der Waals surface area contributed by atoms with E-state index in [1.165, 1.54) is 32.4 Å². The fourth-order valence-corrected chi connectivity index (χ4v) is 2.87. The van der Waals surface area contributed by atoms with E-state index in [0.717, 1.165) is 17.8 Å². The molecule has 15 heavy (non-hydrogen) atoms. The van der Waals surface area contributed by atoms with Crippen molar-refractivity contribution in [2.45, 2.75) is 53.9 Å². The van der Waals surface area contributed by atoms with Gasteiger partial charge >= 0.3 is 0 Å². The molecule has 1 heterocycles. The average molecular weight is 211 g/mol. The van der Waals surface area contributed by atoms with Crippen LogP contribution in [0.3, 0.4) is 0 Å². The SMILES string of the molecule is CCC(C)(C)[C@@H](C)C1CCCNCC1C. The zero-order valence-corrected chi connectivity index (χ0v) is 11.3. The van der Waals surface area contributed by atoms with Crippen LogP contribution in [0, 0.1) is 23.2 Å². The van der Waals surface area contributed by atoms with E-state index in [2.05, 4.69) is 39.9 Å². The molecule has 3 atom stereocenters. The number of rotatable bonds is 3. The van der Waals surface area contributed by atoms with Gasteiger partial charge in [-0.3, -0.25) is 0 Å². The molecule has 1 rings (SSSR count). The summed E-state index contributed by atoms with van der Waals surface area (Å²) in [6, 6.07) is 0. The van der Waals surface area contributed by atoms with Crippen LogP contribution >= 0.6 is 0 Å². The van der Waals surface area contributed by atoms with E-state index in [0.29, 0.717) is 5.41 Å². The van der Waals surface area contributed by atoms with E-state index in [-0.39, 0.29) is 0 Å². The van der Waals surface area contributed by atoms with Gasteiger partial charge in [0.1, 0.15) is 0 Å². The summed E-state index contributed by atoms with van der Waals surface area (Å²) < 4.78 is 0. The molecule has 1 aliphatic rings.